The van der Waals surface area contributed by atoms with Gasteiger partial charge in [-0.15, -0.1) is 0 Å². The number of amides is 1. The Balaban J connectivity index is 1.84. The van der Waals surface area contributed by atoms with Gasteiger partial charge in [-0.1, -0.05) is 41.4 Å². The molecule has 1 amide bonds. The van der Waals surface area contributed by atoms with Crippen LogP contribution < -0.4 is 0 Å². The maximum absolute atomic E-state index is 12.9. The predicted molar refractivity (Wildman–Crippen MR) is 108 cm³/mol. The van der Waals surface area contributed by atoms with Crippen molar-refractivity contribution in [2.24, 2.45) is 0 Å². The molecule has 0 atom stereocenters. The molecule has 0 aliphatic carbocycles. The summed E-state index contributed by atoms with van der Waals surface area (Å²) < 4.78 is 32.3. The minimum Gasteiger partial charge on any atom is -0.379 e. The van der Waals surface area contributed by atoms with Crippen LogP contribution in [0.5, 0.6) is 0 Å². The van der Waals surface area contributed by atoms with E-state index < -0.39 is 10.0 Å². The molecule has 3 rings (SSSR count). The Morgan fingerprint density at radius 3 is 2.43 bits per heavy atom. The zero-order valence-electron chi connectivity index (χ0n) is 15.9. The molecular formula is C20H23ClN2O4S. The number of aryl methyl sites for hydroxylation is 1. The lowest BCUT2D eigenvalue weighted by Gasteiger charge is -2.26. The molecule has 8 heteroatoms. The summed E-state index contributed by atoms with van der Waals surface area (Å²) in [5.41, 5.74) is 2.29. The van der Waals surface area contributed by atoms with E-state index in [0.29, 0.717) is 32.8 Å². The molecular weight excluding hydrogens is 400 g/mol. The summed E-state index contributed by atoms with van der Waals surface area (Å²) in [7, 11) is -2.03. The number of hydrogen-bond acceptors (Lipinski definition) is 4. The normalized spacial score (nSPS) is 15.4. The first-order chi connectivity index (χ1) is 13.3. The number of hydrogen-bond donors (Lipinski definition) is 0. The fraction of sp³-hybridized carbons (Fsp3) is 0.350. The van der Waals surface area contributed by atoms with Crippen LogP contribution in [0, 0.1) is 6.92 Å². The summed E-state index contributed by atoms with van der Waals surface area (Å²) in [6.07, 6.45) is 0. The highest BCUT2D eigenvalue weighted by Gasteiger charge is 2.28. The zero-order valence-corrected chi connectivity index (χ0v) is 17.5. The molecule has 0 saturated carbocycles. The summed E-state index contributed by atoms with van der Waals surface area (Å²) >= 11 is 6.22. The molecule has 0 bridgehead atoms. The van der Waals surface area contributed by atoms with E-state index in [1.165, 1.54) is 27.4 Å². The molecule has 2 aromatic carbocycles. The Morgan fingerprint density at radius 2 is 1.79 bits per heavy atom. The summed E-state index contributed by atoms with van der Waals surface area (Å²) in [5.74, 6) is -0.329. The van der Waals surface area contributed by atoms with E-state index in [1.54, 1.807) is 7.05 Å². The van der Waals surface area contributed by atoms with E-state index in [9.17, 15) is 13.2 Å². The molecule has 1 aliphatic rings. The Hall–Kier alpha value is -1.93. The van der Waals surface area contributed by atoms with Crippen LogP contribution in [0.1, 0.15) is 21.5 Å². The van der Waals surface area contributed by atoms with Gasteiger partial charge in [-0.05, 0) is 30.7 Å². The quantitative estimate of drug-likeness (QED) is 0.743. The van der Waals surface area contributed by atoms with Crippen LogP contribution in [-0.4, -0.2) is 56.9 Å². The van der Waals surface area contributed by atoms with Crippen molar-refractivity contribution in [3.05, 3.63) is 64.2 Å². The van der Waals surface area contributed by atoms with E-state index in [1.807, 2.05) is 31.2 Å². The van der Waals surface area contributed by atoms with Crippen LogP contribution in [0.2, 0.25) is 5.02 Å². The van der Waals surface area contributed by atoms with Gasteiger partial charge in [0.15, 0.2) is 0 Å². The average Bonchev–Trinajstić information content (AvgIpc) is 2.70. The lowest BCUT2D eigenvalue weighted by molar-refractivity contribution is 0.0730. The van der Waals surface area contributed by atoms with Crippen LogP contribution in [0.4, 0.5) is 0 Å². The molecule has 0 aromatic heterocycles. The lowest BCUT2D eigenvalue weighted by atomic mass is 10.1. The second-order valence-corrected chi connectivity index (χ2v) is 9.15. The number of morpholine rings is 1. The summed E-state index contributed by atoms with van der Waals surface area (Å²) in [6.45, 7) is 3.70. The van der Waals surface area contributed by atoms with Crippen LogP contribution in [0.15, 0.2) is 47.4 Å². The van der Waals surface area contributed by atoms with Crippen LogP contribution in [0.3, 0.4) is 0 Å². The summed E-state index contributed by atoms with van der Waals surface area (Å²) in [5, 5.41) is 0.224. The maximum atomic E-state index is 12.9. The molecule has 1 heterocycles. The number of sulfonamides is 1. The highest BCUT2D eigenvalue weighted by Crippen LogP contribution is 2.25. The Morgan fingerprint density at radius 1 is 1.14 bits per heavy atom. The van der Waals surface area contributed by atoms with Crippen molar-refractivity contribution in [3.63, 3.8) is 0 Å². The van der Waals surface area contributed by atoms with Gasteiger partial charge in [-0.2, -0.15) is 4.31 Å². The van der Waals surface area contributed by atoms with Gasteiger partial charge in [0, 0.05) is 26.7 Å². The minimum atomic E-state index is -3.70. The second kappa shape index (κ2) is 8.61. The summed E-state index contributed by atoms with van der Waals surface area (Å²) in [4.78, 5) is 14.5. The standard InChI is InChI=1S/C20H23ClN2O4S/c1-15-3-5-16(6-4-15)14-22(2)20(24)18-13-17(7-8-19(18)21)28(25,26)23-9-11-27-12-10-23/h3-8,13H,9-12,14H2,1-2H3. The van der Waals surface area contributed by atoms with Crippen molar-refractivity contribution in [1.29, 1.82) is 0 Å². The topological polar surface area (TPSA) is 66.9 Å². The predicted octanol–water partition coefficient (Wildman–Crippen LogP) is 2.94. The fourth-order valence-corrected chi connectivity index (χ4v) is 4.64. The number of ether oxygens (including phenoxy) is 1. The van der Waals surface area contributed by atoms with E-state index in [2.05, 4.69) is 0 Å². The second-order valence-electron chi connectivity index (χ2n) is 6.80. The highest BCUT2D eigenvalue weighted by molar-refractivity contribution is 7.89. The first-order valence-electron chi connectivity index (χ1n) is 8.97. The van der Waals surface area contributed by atoms with Crippen LogP contribution >= 0.6 is 11.6 Å². The van der Waals surface area contributed by atoms with Crippen molar-refractivity contribution in [3.8, 4) is 0 Å². The molecule has 1 fully saturated rings. The van der Waals surface area contributed by atoms with Gasteiger partial charge in [0.2, 0.25) is 10.0 Å². The van der Waals surface area contributed by atoms with E-state index in [-0.39, 0.29) is 21.4 Å². The number of halogens is 1. The zero-order chi connectivity index (χ0) is 20.3. The van der Waals surface area contributed by atoms with Gasteiger partial charge >= 0.3 is 0 Å². The van der Waals surface area contributed by atoms with Gasteiger partial charge in [0.1, 0.15) is 0 Å². The third-order valence-electron chi connectivity index (χ3n) is 4.66. The highest BCUT2D eigenvalue weighted by atomic mass is 35.5. The molecule has 0 unspecified atom stereocenters. The fourth-order valence-electron chi connectivity index (χ4n) is 3.01. The average molecular weight is 423 g/mol. The van der Waals surface area contributed by atoms with Crippen molar-refractivity contribution >= 4 is 27.5 Å². The van der Waals surface area contributed by atoms with E-state index in [0.717, 1.165) is 11.1 Å². The van der Waals surface area contributed by atoms with Gasteiger partial charge < -0.3 is 9.64 Å². The molecule has 0 spiro atoms. The smallest absolute Gasteiger partial charge is 0.255 e. The van der Waals surface area contributed by atoms with Crippen LogP contribution in [0.25, 0.3) is 0 Å². The number of nitrogens with zero attached hydrogens (tertiary/aromatic N) is 2. The minimum absolute atomic E-state index is 0.0610. The largest absolute Gasteiger partial charge is 0.379 e. The van der Waals surface area contributed by atoms with Gasteiger partial charge in [0.05, 0.1) is 28.7 Å². The number of rotatable bonds is 5. The molecule has 1 saturated heterocycles. The number of benzene rings is 2. The monoisotopic (exact) mass is 422 g/mol. The SMILES string of the molecule is Cc1ccc(CN(C)C(=O)c2cc(S(=O)(=O)N3CCOCC3)ccc2Cl)cc1. The molecule has 0 radical (unpaired) electrons. The van der Waals surface area contributed by atoms with E-state index >= 15 is 0 Å². The van der Waals surface area contributed by atoms with Gasteiger partial charge in [0.25, 0.3) is 5.91 Å². The molecule has 1 aliphatic heterocycles. The van der Waals surface area contributed by atoms with Gasteiger partial charge in [-0.3, -0.25) is 4.79 Å². The third kappa shape index (κ3) is 4.55. The Labute approximate surface area is 170 Å². The number of carbonyl (C=O) groups is 1. The van der Waals surface area contributed by atoms with Crippen LogP contribution in [-0.2, 0) is 21.3 Å². The summed E-state index contributed by atoms with van der Waals surface area (Å²) in [6, 6.07) is 12.1. The van der Waals surface area contributed by atoms with E-state index in [4.69, 9.17) is 16.3 Å². The van der Waals surface area contributed by atoms with Crippen molar-refractivity contribution in [2.45, 2.75) is 18.4 Å². The Kier molecular flexibility index (Phi) is 6.40. The van der Waals surface area contributed by atoms with Crippen molar-refractivity contribution in [2.75, 3.05) is 33.4 Å². The Bertz CT molecular complexity index is 955. The van der Waals surface area contributed by atoms with Gasteiger partial charge in [-0.25, -0.2) is 8.42 Å². The molecule has 0 N–H and O–H groups in total. The van der Waals surface area contributed by atoms with Crippen molar-refractivity contribution in [1.82, 2.24) is 9.21 Å². The number of carbonyl (C=O) groups excluding carboxylic acids is 1. The third-order valence-corrected chi connectivity index (χ3v) is 6.89. The molecule has 6 nitrogen and oxygen atoms in total. The molecule has 28 heavy (non-hydrogen) atoms. The first-order valence-corrected chi connectivity index (χ1v) is 10.8. The lowest BCUT2D eigenvalue weighted by Crippen LogP contribution is -2.40. The molecule has 150 valence electrons. The maximum Gasteiger partial charge on any atom is 0.255 e. The first kappa shape index (κ1) is 20.8. The molecule has 2 aromatic rings. The van der Waals surface area contributed by atoms with Crippen molar-refractivity contribution < 1.29 is 17.9 Å².